The summed E-state index contributed by atoms with van der Waals surface area (Å²) in [6, 6.07) is 3.37. The number of rotatable bonds is 6. The first kappa shape index (κ1) is 13.0. The molecule has 5 nitrogen and oxygen atoms in total. The van der Waals surface area contributed by atoms with Gasteiger partial charge in [0.05, 0.1) is 6.26 Å². The lowest BCUT2D eigenvalue weighted by Crippen LogP contribution is -2.26. The largest absolute Gasteiger partial charge is 0.459 e. The summed E-state index contributed by atoms with van der Waals surface area (Å²) in [5, 5.41) is 2.85. The van der Waals surface area contributed by atoms with E-state index in [4.69, 9.17) is 4.42 Å². The Morgan fingerprint density at radius 1 is 1.55 bits per heavy atom. The van der Waals surface area contributed by atoms with E-state index in [0.29, 0.717) is 12.3 Å². The van der Waals surface area contributed by atoms with Gasteiger partial charge >= 0.3 is 0 Å². The van der Waals surface area contributed by atoms with Gasteiger partial charge in [0, 0.05) is 31.4 Å². The van der Waals surface area contributed by atoms with Crippen LogP contribution in [0.1, 0.15) is 34.9 Å². The molecule has 20 heavy (non-hydrogen) atoms. The smallest absolute Gasteiger partial charge is 0.286 e. The van der Waals surface area contributed by atoms with E-state index < -0.39 is 0 Å². The standard InChI is InChI=1S/C15H19N3O2/c1-11-9-17-14(18(11)10-12-4-5-12)6-7-16-15(19)13-3-2-8-20-13/h2-3,8-9,12H,4-7,10H2,1H3,(H,16,19). The monoisotopic (exact) mass is 273 g/mol. The van der Waals surface area contributed by atoms with Crippen LogP contribution in [0.25, 0.3) is 0 Å². The van der Waals surface area contributed by atoms with Crippen molar-refractivity contribution in [2.24, 2.45) is 5.92 Å². The van der Waals surface area contributed by atoms with Gasteiger partial charge in [-0.05, 0) is 37.8 Å². The molecule has 5 heteroatoms. The van der Waals surface area contributed by atoms with Crippen LogP contribution in [0.5, 0.6) is 0 Å². The molecule has 106 valence electrons. The first-order valence-electron chi connectivity index (χ1n) is 7.07. The van der Waals surface area contributed by atoms with Crippen LogP contribution < -0.4 is 5.32 Å². The number of hydrogen-bond acceptors (Lipinski definition) is 3. The molecule has 1 amide bonds. The van der Waals surface area contributed by atoms with Crippen molar-refractivity contribution in [3.05, 3.63) is 41.9 Å². The summed E-state index contributed by atoms with van der Waals surface area (Å²) in [7, 11) is 0. The highest BCUT2D eigenvalue weighted by Gasteiger charge is 2.23. The van der Waals surface area contributed by atoms with Crippen molar-refractivity contribution in [3.63, 3.8) is 0 Å². The average molecular weight is 273 g/mol. The summed E-state index contributed by atoms with van der Waals surface area (Å²) < 4.78 is 7.33. The van der Waals surface area contributed by atoms with Gasteiger partial charge in [-0.25, -0.2) is 4.98 Å². The zero-order valence-corrected chi connectivity index (χ0v) is 11.6. The number of furan rings is 1. The third-order valence-corrected chi connectivity index (χ3v) is 3.65. The second kappa shape index (κ2) is 5.53. The third-order valence-electron chi connectivity index (χ3n) is 3.65. The zero-order chi connectivity index (χ0) is 13.9. The summed E-state index contributed by atoms with van der Waals surface area (Å²) in [5.74, 6) is 2.04. The van der Waals surface area contributed by atoms with E-state index in [1.54, 1.807) is 12.1 Å². The van der Waals surface area contributed by atoms with Gasteiger partial charge in [0.15, 0.2) is 5.76 Å². The lowest BCUT2D eigenvalue weighted by atomic mass is 10.3. The van der Waals surface area contributed by atoms with Crippen molar-refractivity contribution >= 4 is 5.91 Å². The number of amides is 1. The van der Waals surface area contributed by atoms with Gasteiger partial charge in [0.25, 0.3) is 5.91 Å². The SMILES string of the molecule is Cc1cnc(CCNC(=O)c2ccco2)n1CC1CC1. The molecule has 0 aliphatic heterocycles. The number of aromatic nitrogens is 2. The fraction of sp³-hybridized carbons (Fsp3) is 0.467. The summed E-state index contributed by atoms with van der Waals surface area (Å²) in [5.41, 5.74) is 1.20. The Morgan fingerprint density at radius 3 is 3.10 bits per heavy atom. The minimum Gasteiger partial charge on any atom is -0.459 e. The highest BCUT2D eigenvalue weighted by Crippen LogP contribution is 2.31. The van der Waals surface area contributed by atoms with Gasteiger partial charge in [-0.15, -0.1) is 0 Å². The highest BCUT2D eigenvalue weighted by atomic mass is 16.3. The van der Waals surface area contributed by atoms with Gasteiger partial charge in [0.1, 0.15) is 5.82 Å². The van der Waals surface area contributed by atoms with Gasteiger partial charge in [-0.3, -0.25) is 4.79 Å². The van der Waals surface area contributed by atoms with Crippen LogP contribution >= 0.6 is 0 Å². The van der Waals surface area contributed by atoms with Crippen molar-refractivity contribution in [2.75, 3.05) is 6.54 Å². The Balaban J connectivity index is 1.54. The van der Waals surface area contributed by atoms with E-state index in [-0.39, 0.29) is 5.91 Å². The predicted octanol–water partition coefficient (Wildman–Crippen LogP) is 2.17. The topological polar surface area (TPSA) is 60.1 Å². The molecule has 0 spiro atoms. The maximum atomic E-state index is 11.7. The van der Waals surface area contributed by atoms with E-state index in [2.05, 4.69) is 21.8 Å². The summed E-state index contributed by atoms with van der Waals surface area (Å²) in [4.78, 5) is 16.2. The molecule has 0 aromatic carbocycles. The van der Waals surface area contributed by atoms with Crippen molar-refractivity contribution < 1.29 is 9.21 Å². The Morgan fingerprint density at radius 2 is 2.40 bits per heavy atom. The Hall–Kier alpha value is -2.04. The van der Waals surface area contributed by atoms with E-state index >= 15 is 0 Å². The van der Waals surface area contributed by atoms with E-state index in [1.807, 2.05) is 6.20 Å². The maximum absolute atomic E-state index is 11.7. The molecule has 3 rings (SSSR count). The molecule has 1 saturated carbocycles. The van der Waals surface area contributed by atoms with Crippen molar-refractivity contribution in [2.45, 2.75) is 32.7 Å². The molecule has 0 unspecified atom stereocenters. The molecule has 1 N–H and O–H groups in total. The van der Waals surface area contributed by atoms with Gasteiger partial charge < -0.3 is 14.3 Å². The molecule has 0 atom stereocenters. The molecule has 1 aliphatic carbocycles. The second-order valence-electron chi connectivity index (χ2n) is 5.35. The average Bonchev–Trinajstić information content (AvgIpc) is 2.96. The number of hydrogen-bond donors (Lipinski definition) is 1. The Bertz CT molecular complexity index is 582. The number of imidazole rings is 1. The minimum atomic E-state index is -0.174. The normalized spacial score (nSPS) is 14.4. The molecule has 0 bridgehead atoms. The highest BCUT2D eigenvalue weighted by molar-refractivity contribution is 5.91. The van der Waals surface area contributed by atoms with Crippen molar-refractivity contribution in [3.8, 4) is 0 Å². The van der Waals surface area contributed by atoms with E-state index in [0.717, 1.165) is 24.7 Å². The number of carbonyl (C=O) groups excluding carboxylic acids is 1. The molecular formula is C15H19N3O2. The molecule has 2 aromatic heterocycles. The molecule has 2 aromatic rings. The maximum Gasteiger partial charge on any atom is 0.286 e. The van der Waals surface area contributed by atoms with Crippen LogP contribution in [-0.4, -0.2) is 22.0 Å². The van der Waals surface area contributed by atoms with Gasteiger partial charge in [-0.1, -0.05) is 0 Å². The quantitative estimate of drug-likeness (QED) is 0.877. The molecule has 1 fully saturated rings. The number of nitrogens with zero attached hydrogens (tertiary/aromatic N) is 2. The van der Waals surface area contributed by atoms with Crippen LogP contribution in [0.15, 0.2) is 29.0 Å². The lowest BCUT2D eigenvalue weighted by Gasteiger charge is -2.09. The van der Waals surface area contributed by atoms with Crippen LogP contribution in [0.2, 0.25) is 0 Å². The lowest BCUT2D eigenvalue weighted by molar-refractivity contribution is 0.0926. The molecule has 0 radical (unpaired) electrons. The fourth-order valence-electron chi connectivity index (χ4n) is 2.30. The molecular weight excluding hydrogens is 254 g/mol. The predicted molar refractivity (Wildman–Crippen MR) is 74.4 cm³/mol. The molecule has 0 saturated heterocycles. The minimum absolute atomic E-state index is 0.174. The molecule has 1 aliphatic rings. The number of carbonyl (C=O) groups is 1. The van der Waals surface area contributed by atoms with Gasteiger partial charge in [-0.2, -0.15) is 0 Å². The van der Waals surface area contributed by atoms with Crippen LogP contribution in [0.4, 0.5) is 0 Å². The summed E-state index contributed by atoms with van der Waals surface area (Å²) >= 11 is 0. The first-order chi connectivity index (χ1) is 9.74. The molecule has 2 heterocycles. The first-order valence-corrected chi connectivity index (χ1v) is 7.07. The van der Waals surface area contributed by atoms with E-state index in [9.17, 15) is 4.79 Å². The third kappa shape index (κ3) is 2.92. The van der Waals surface area contributed by atoms with Crippen molar-refractivity contribution in [1.82, 2.24) is 14.9 Å². The number of aryl methyl sites for hydroxylation is 1. The Kier molecular flexibility index (Phi) is 3.58. The number of nitrogens with one attached hydrogen (secondary N) is 1. The van der Waals surface area contributed by atoms with Crippen LogP contribution in [0.3, 0.4) is 0 Å². The fourth-order valence-corrected chi connectivity index (χ4v) is 2.30. The van der Waals surface area contributed by atoms with Crippen LogP contribution in [0, 0.1) is 12.8 Å². The van der Waals surface area contributed by atoms with Gasteiger partial charge in [0.2, 0.25) is 0 Å². The zero-order valence-electron chi connectivity index (χ0n) is 11.6. The second-order valence-corrected chi connectivity index (χ2v) is 5.35. The van der Waals surface area contributed by atoms with Crippen LogP contribution in [-0.2, 0) is 13.0 Å². The summed E-state index contributed by atoms with van der Waals surface area (Å²) in [6.07, 6.45) is 6.80. The Labute approximate surface area is 118 Å². The van der Waals surface area contributed by atoms with Crippen molar-refractivity contribution in [1.29, 1.82) is 0 Å². The van der Waals surface area contributed by atoms with E-state index in [1.165, 1.54) is 24.8 Å². The summed E-state index contributed by atoms with van der Waals surface area (Å²) in [6.45, 7) is 3.72.